The molecule has 6 heteroatoms. The predicted molar refractivity (Wildman–Crippen MR) is 102 cm³/mol. The first-order valence-electron chi connectivity index (χ1n) is 8.59. The molecule has 1 heterocycles. The lowest BCUT2D eigenvalue weighted by Gasteiger charge is -2.31. The molecule has 2 aromatic carbocycles. The minimum Gasteiger partial charge on any atom is -0.506 e. The Labute approximate surface area is 157 Å². The van der Waals surface area contributed by atoms with Crippen molar-refractivity contribution < 1.29 is 14.7 Å². The summed E-state index contributed by atoms with van der Waals surface area (Å²) in [5.41, 5.74) is 1.94. The average Bonchev–Trinajstić information content (AvgIpc) is 2.64. The van der Waals surface area contributed by atoms with Crippen LogP contribution in [0.1, 0.15) is 28.8 Å². The number of phenolic OH excluding ortho intramolecular Hbond substituents is 1. The van der Waals surface area contributed by atoms with Crippen molar-refractivity contribution in [1.29, 1.82) is 0 Å². The van der Waals surface area contributed by atoms with Gasteiger partial charge in [-0.25, -0.2) is 0 Å². The number of nitrogens with zero attached hydrogens (tertiary/aromatic N) is 1. The lowest BCUT2D eigenvalue weighted by molar-refractivity contribution is -0.121. The van der Waals surface area contributed by atoms with Gasteiger partial charge in [-0.3, -0.25) is 9.59 Å². The number of nitrogens with one attached hydrogen (secondary N) is 1. The number of amides is 2. The molecule has 0 aliphatic carbocycles. The van der Waals surface area contributed by atoms with Crippen LogP contribution in [0.2, 0.25) is 5.02 Å². The van der Waals surface area contributed by atoms with E-state index >= 15 is 0 Å². The van der Waals surface area contributed by atoms with Gasteiger partial charge >= 0.3 is 0 Å². The number of phenols is 1. The zero-order valence-electron chi connectivity index (χ0n) is 14.5. The number of aryl methyl sites for hydroxylation is 1. The number of likely N-dealkylation sites (tertiary alicyclic amines) is 1. The van der Waals surface area contributed by atoms with Crippen LogP contribution >= 0.6 is 11.6 Å². The summed E-state index contributed by atoms with van der Waals surface area (Å²) in [5.74, 6) is -0.280. The Bertz CT molecular complexity index is 812. The molecule has 1 aliphatic heterocycles. The first-order chi connectivity index (χ1) is 12.4. The number of hydrogen-bond acceptors (Lipinski definition) is 3. The van der Waals surface area contributed by atoms with Crippen LogP contribution in [-0.2, 0) is 4.79 Å². The van der Waals surface area contributed by atoms with E-state index in [4.69, 9.17) is 11.6 Å². The molecule has 0 spiro atoms. The third kappa shape index (κ3) is 4.17. The highest BCUT2D eigenvalue weighted by Gasteiger charge is 2.28. The van der Waals surface area contributed by atoms with Crippen LogP contribution in [0, 0.1) is 12.8 Å². The molecule has 2 aromatic rings. The van der Waals surface area contributed by atoms with Crippen LogP contribution < -0.4 is 5.32 Å². The lowest BCUT2D eigenvalue weighted by Crippen LogP contribution is -2.41. The average molecular weight is 373 g/mol. The molecule has 26 heavy (non-hydrogen) atoms. The van der Waals surface area contributed by atoms with Gasteiger partial charge in [0.2, 0.25) is 5.91 Å². The highest BCUT2D eigenvalue weighted by Crippen LogP contribution is 2.26. The van der Waals surface area contributed by atoms with Crippen molar-refractivity contribution in [2.24, 2.45) is 5.92 Å². The number of carbonyl (C=O) groups is 2. The Morgan fingerprint density at radius 2 is 1.77 bits per heavy atom. The number of benzene rings is 2. The van der Waals surface area contributed by atoms with Crippen LogP contribution in [0.25, 0.3) is 0 Å². The number of hydrogen-bond donors (Lipinski definition) is 2. The third-order valence-corrected chi connectivity index (χ3v) is 4.91. The van der Waals surface area contributed by atoms with E-state index in [-0.39, 0.29) is 23.5 Å². The van der Waals surface area contributed by atoms with Gasteiger partial charge in [-0.15, -0.1) is 0 Å². The molecule has 0 unspecified atom stereocenters. The fourth-order valence-electron chi connectivity index (χ4n) is 3.10. The summed E-state index contributed by atoms with van der Waals surface area (Å²) in [4.78, 5) is 26.7. The first kappa shape index (κ1) is 18.3. The van der Waals surface area contributed by atoms with Crippen molar-refractivity contribution in [2.75, 3.05) is 18.4 Å². The van der Waals surface area contributed by atoms with Crippen LogP contribution in [-0.4, -0.2) is 34.9 Å². The minimum atomic E-state index is -0.176. The fraction of sp³-hybridized carbons (Fsp3) is 0.300. The topological polar surface area (TPSA) is 69.6 Å². The summed E-state index contributed by atoms with van der Waals surface area (Å²) >= 11 is 5.86. The Morgan fingerprint density at radius 1 is 1.12 bits per heavy atom. The molecule has 2 N–H and O–H groups in total. The maximum atomic E-state index is 12.5. The summed E-state index contributed by atoms with van der Waals surface area (Å²) in [6.45, 7) is 2.93. The minimum absolute atomic E-state index is 0.0447. The van der Waals surface area contributed by atoms with Crippen molar-refractivity contribution in [1.82, 2.24) is 4.90 Å². The van der Waals surface area contributed by atoms with E-state index in [1.165, 1.54) is 0 Å². The number of halogens is 1. The van der Waals surface area contributed by atoms with E-state index in [1.54, 1.807) is 41.3 Å². The van der Waals surface area contributed by atoms with E-state index in [9.17, 15) is 14.7 Å². The third-order valence-electron chi connectivity index (χ3n) is 4.66. The van der Waals surface area contributed by atoms with Gasteiger partial charge in [-0.2, -0.15) is 0 Å². The maximum Gasteiger partial charge on any atom is 0.253 e. The number of aromatic hydroxyl groups is 1. The number of piperidine rings is 1. The quantitative estimate of drug-likeness (QED) is 0.804. The standard InChI is InChI=1S/C20H21ClN2O3/c1-13-2-7-17(18(24)12-13)22-19(25)14-8-10-23(11-9-14)20(26)15-3-5-16(21)6-4-15/h2-7,12,14,24H,8-11H2,1H3,(H,22,25). The lowest BCUT2D eigenvalue weighted by atomic mass is 9.95. The molecule has 2 amide bonds. The zero-order chi connectivity index (χ0) is 18.7. The van der Waals surface area contributed by atoms with Crippen molar-refractivity contribution >= 4 is 29.1 Å². The van der Waals surface area contributed by atoms with Gasteiger partial charge in [-0.05, 0) is 61.7 Å². The summed E-state index contributed by atoms with van der Waals surface area (Å²) < 4.78 is 0. The largest absolute Gasteiger partial charge is 0.506 e. The van der Waals surface area contributed by atoms with Gasteiger partial charge in [0.1, 0.15) is 5.75 Å². The van der Waals surface area contributed by atoms with E-state index < -0.39 is 0 Å². The summed E-state index contributed by atoms with van der Waals surface area (Å²) in [7, 11) is 0. The molecule has 0 saturated carbocycles. The molecule has 136 valence electrons. The van der Waals surface area contributed by atoms with Gasteiger partial charge in [0, 0.05) is 29.6 Å². The Balaban J connectivity index is 1.56. The van der Waals surface area contributed by atoms with Crippen LogP contribution in [0.4, 0.5) is 5.69 Å². The monoisotopic (exact) mass is 372 g/mol. The van der Waals surface area contributed by atoms with Crippen molar-refractivity contribution in [2.45, 2.75) is 19.8 Å². The summed E-state index contributed by atoms with van der Waals surface area (Å²) in [6, 6.07) is 12.0. The van der Waals surface area contributed by atoms with E-state index in [1.807, 2.05) is 13.0 Å². The van der Waals surface area contributed by atoms with Crippen molar-refractivity contribution in [3.05, 3.63) is 58.6 Å². The van der Waals surface area contributed by atoms with Gasteiger partial charge in [0.25, 0.3) is 5.91 Å². The molecular formula is C20H21ClN2O3. The van der Waals surface area contributed by atoms with Gasteiger partial charge in [0.05, 0.1) is 5.69 Å². The zero-order valence-corrected chi connectivity index (χ0v) is 15.3. The molecule has 3 rings (SSSR count). The van der Waals surface area contributed by atoms with Crippen LogP contribution in [0.5, 0.6) is 5.75 Å². The van der Waals surface area contributed by atoms with E-state index in [0.29, 0.717) is 42.2 Å². The second-order valence-corrected chi connectivity index (χ2v) is 7.02. The molecule has 1 saturated heterocycles. The number of carbonyl (C=O) groups excluding carboxylic acids is 2. The predicted octanol–water partition coefficient (Wildman–Crippen LogP) is 3.84. The van der Waals surface area contributed by atoms with Crippen molar-refractivity contribution in [3.8, 4) is 5.75 Å². The fourth-order valence-corrected chi connectivity index (χ4v) is 3.23. The number of rotatable bonds is 3. The van der Waals surface area contributed by atoms with Crippen LogP contribution in [0.15, 0.2) is 42.5 Å². The van der Waals surface area contributed by atoms with Crippen LogP contribution in [0.3, 0.4) is 0 Å². The van der Waals surface area contributed by atoms with Crippen molar-refractivity contribution in [3.63, 3.8) is 0 Å². The molecule has 1 fully saturated rings. The molecule has 0 atom stereocenters. The van der Waals surface area contributed by atoms with Gasteiger partial charge in [-0.1, -0.05) is 17.7 Å². The highest BCUT2D eigenvalue weighted by molar-refractivity contribution is 6.30. The molecular weight excluding hydrogens is 352 g/mol. The van der Waals surface area contributed by atoms with E-state index in [2.05, 4.69) is 5.32 Å². The first-order valence-corrected chi connectivity index (χ1v) is 8.97. The Morgan fingerprint density at radius 3 is 2.38 bits per heavy atom. The molecule has 0 bridgehead atoms. The smallest absolute Gasteiger partial charge is 0.253 e. The highest BCUT2D eigenvalue weighted by atomic mass is 35.5. The maximum absolute atomic E-state index is 12.5. The number of anilines is 1. The second kappa shape index (κ2) is 7.79. The Hall–Kier alpha value is -2.53. The normalized spacial score (nSPS) is 14.9. The molecule has 5 nitrogen and oxygen atoms in total. The Kier molecular flexibility index (Phi) is 5.47. The van der Waals surface area contributed by atoms with E-state index in [0.717, 1.165) is 5.56 Å². The summed E-state index contributed by atoms with van der Waals surface area (Å²) in [5, 5.41) is 13.3. The molecule has 1 aliphatic rings. The van der Waals surface area contributed by atoms with Gasteiger partial charge < -0.3 is 15.3 Å². The van der Waals surface area contributed by atoms with Gasteiger partial charge in [0.15, 0.2) is 0 Å². The second-order valence-electron chi connectivity index (χ2n) is 6.58. The molecule has 0 radical (unpaired) electrons. The summed E-state index contributed by atoms with van der Waals surface area (Å²) in [6.07, 6.45) is 1.19. The molecule has 0 aromatic heterocycles. The SMILES string of the molecule is Cc1ccc(NC(=O)C2CCN(C(=O)c3ccc(Cl)cc3)CC2)c(O)c1.